The van der Waals surface area contributed by atoms with Crippen molar-refractivity contribution in [3.63, 3.8) is 0 Å². The van der Waals surface area contributed by atoms with Crippen LogP contribution < -0.4 is 4.74 Å². The zero-order chi connectivity index (χ0) is 26.2. The molecular weight excluding hydrogens is 478 g/mol. The summed E-state index contributed by atoms with van der Waals surface area (Å²) in [5.41, 5.74) is 2.27. The number of nitrogens with zero attached hydrogens (tertiary/aromatic N) is 3. The van der Waals surface area contributed by atoms with Crippen LogP contribution >= 0.6 is 0 Å². The Kier molecular flexibility index (Phi) is 6.54. The number of rotatable bonds is 5. The van der Waals surface area contributed by atoms with E-state index >= 15 is 0 Å². The van der Waals surface area contributed by atoms with Gasteiger partial charge in [0, 0.05) is 35.6 Å². The summed E-state index contributed by atoms with van der Waals surface area (Å²) in [7, 11) is 0. The predicted octanol–water partition coefficient (Wildman–Crippen LogP) is 6.35. The summed E-state index contributed by atoms with van der Waals surface area (Å²) in [5.74, 6) is -1.45. The van der Waals surface area contributed by atoms with Gasteiger partial charge >= 0.3 is 6.09 Å². The average Bonchev–Trinajstić information content (AvgIpc) is 3.48. The van der Waals surface area contributed by atoms with Gasteiger partial charge in [-0.05, 0) is 57.9 Å². The number of amides is 1. The van der Waals surface area contributed by atoms with Crippen LogP contribution in [0.25, 0.3) is 33.4 Å². The fraction of sp³-hybridized carbons (Fsp3) is 0.321. The number of nitrogens with one attached hydrogen (secondary N) is 1. The number of carbonyl (C=O) groups is 1. The number of likely N-dealkylation sites (tertiary alicyclic amines) is 1. The zero-order valence-electron chi connectivity index (χ0n) is 20.9. The van der Waals surface area contributed by atoms with Crippen molar-refractivity contribution in [3.8, 4) is 28.1 Å². The number of H-pyrrole nitrogens is 1. The Labute approximate surface area is 213 Å². The van der Waals surface area contributed by atoms with E-state index in [-0.39, 0.29) is 24.3 Å². The first kappa shape index (κ1) is 24.7. The number of fused-ring (bicyclic) bond motifs is 1. The maximum absolute atomic E-state index is 15.0. The van der Waals surface area contributed by atoms with Crippen molar-refractivity contribution in [3.05, 3.63) is 66.6 Å². The molecule has 0 spiro atoms. The minimum atomic E-state index is -0.953. The number of benzene rings is 1. The van der Waals surface area contributed by atoms with Crippen molar-refractivity contribution >= 4 is 17.1 Å². The standard InChI is InChI=1S/C28H28F2N4O3/c1-28(2,3)37-27(35)34-14-6-7-17(34)16-36-22-15-31-13-11-18(22)25-23(19-8-4-9-20(29)24(19)30)26-21(33-25)10-5-12-32-26/h4-5,8-13,15,17,33H,6-7,14,16H2,1-3H3/t17-/m0/s1. The van der Waals surface area contributed by atoms with Gasteiger partial charge in [-0.2, -0.15) is 0 Å². The Morgan fingerprint density at radius 2 is 1.97 bits per heavy atom. The molecule has 3 aromatic heterocycles. The lowest BCUT2D eigenvalue weighted by Gasteiger charge is -2.28. The molecule has 9 heteroatoms. The van der Waals surface area contributed by atoms with Crippen molar-refractivity contribution in [2.75, 3.05) is 13.2 Å². The largest absolute Gasteiger partial charge is 0.489 e. The van der Waals surface area contributed by atoms with Gasteiger partial charge < -0.3 is 19.4 Å². The van der Waals surface area contributed by atoms with Gasteiger partial charge in [0.25, 0.3) is 0 Å². The van der Waals surface area contributed by atoms with Gasteiger partial charge in [-0.25, -0.2) is 13.6 Å². The van der Waals surface area contributed by atoms with Crippen LogP contribution in [0.15, 0.2) is 55.0 Å². The molecule has 192 valence electrons. The SMILES string of the molecule is CC(C)(C)OC(=O)N1CCC[C@H]1COc1cnccc1-c1[nH]c2cccnc2c1-c1cccc(F)c1F. The van der Waals surface area contributed by atoms with Gasteiger partial charge in [0.1, 0.15) is 18.0 Å². The van der Waals surface area contributed by atoms with Crippen LogP contribution in [-0.2, 0) is 4.74 Å². The molecule has 5 rings (SSSR count). The molecular formula is C28H28F2N4O3. The van der Waals surface area contributed by atoms with E-state index in [1.54, 1.807) is 35.6 Å². The molecule has 0 unspecified atom stereocenters. The first-order valence-electron chi connectivity index (χ1n) is 12.2. The second-order valence-corrected chi connectivity index (χ2v) is 10.0. The number of aromatic amines is 1. The molecule has 0 bridgehead atoms. The Bertz CT molecular complexity index is 1450. The third-order valence-corrected chi connectivity index (χ3v) is 6.27. The quantitative estimate of drug-likeness (QED) is 0.341. The smallest absolute Gasteiger partial charge is 0.410 e. The molecule has 0 radical (unpaired) electrons. The number of hydrogen-bond donors (Lipinski definition) is 1. The molecule has 4 heterocycles. The van der Waals surface area contributed by atoms with E-state index in [4.69, 9.17) is 9.47 Å². The Morgan fingerprint density at radius 3 is 2.78 bits per heavy atom. The molecule has 1 aliphatic heterocycles. The summed E-state index contributed by atoms with van der Waals surface area (Å²) in [6, 6.07) is 9.26. The number of ether oxygens (including phenoxy) is 2. The topological polar surface area (TPSA) is 80.3 Å². The summed E-state index contributed by atoms with van der Waals surface area (Å²) >= 11 is 0. The molecule has 1 atom stereocenters. The fourth-order valence-electron chi connectivity index (χ4n) is 4.64. The Morgan fingerprint density at radius 1 is 1.14 bits per heavy atom. The second kappa shape index (κ2) is 9.80. The van der Waals surface area contributed by atoms with Crippen molar-refractivity contribution in [1.82, 2.24) is 19.9 Å². The first-order valence-corrected chi connectivity index (χ1v) is 12.2. The third kappa shape index (κ3) is 4.98. The highest BCUT2D eigenvalue weighted by Crippen LogP contribution is 2.41. The molecule has 37 heavy (non-hydrogen) atoms. The summed E-state index contributed by atoms with van der Waals surface area (Å²) < 4.78 is 40.9. The molecule has 1 aliphatic rings. The fourth-order valence-corrected chi connectivity index (χ4v) is 4.64. The summed E-state index contributed by atoms with van der Waals surface area (Å²) in [5, 5.41) is 0. The van der Waals surface area contributed by atoms with Gasteiger partial charge in [0.05, 0.1) is 29.0 Å². The summed E-state index contributed by atoms with van der Waals surface area (Å²) in [6.45, 7) is 6.34. The molecule has 7 nitrogen and oxygen atoms in total. The van der Waals surface area contributed by atoms with Crippen molar-refractivity contribution < 1.29 is 23.0 Å². The lowest BCUT2D eigenvalue weighted by molar-refractivity contribution is 0.0187. The Balaban J connectivity index is 1.50. The van der Waals surface area contributed by atoms with Gasteiger partial charge in [-0.1, -0.05) is 12.1 Å². The average molecular weight is 507 g/mol. The highest BCUT2D eigenvalue weighted by molar-refractivity contribution is 6.02. The van der Waals surface area contributed by atoms with Crippen LogP contribution in [0.4, 0.5) is 13.6 Å². The zero-order valence-corrected chi connectivity index (χ0v) is 20.9. The number of aromatic nitrogens is 3. The van der Waals surface area contributed by atoms with Gasteiger partial charge in [-0.15, -0.1) is 0 Å². The normalized spacial score (nSPS) is 15.8. The summed E-state index contributed by atoms with van der Waals surface area (Å²) in [4.78, 5) is 26.3. The molecule has 4 aromatic rings. The number of hydrogen-bond acceptors (Lipinski definition) is 5. The van der Waals surface area contributed by atoms with E-state index in [1.807, 2.05) is 26.8 Å². The van der Waals surface area contributed by atoms with Crippen LogP contribution in [-0.4, -0.2) is 50.7 Å². The molecule has 1 saturated heterocycles. The number of carbonyl (C=O) groups excluding carboxylic acids is 1. The van der Waals surface area contributed by atoms with Crippen LogP contribution in [0.1, 0.15) is 33.6 Å². The van der Waals surface area contributed by atoms with Crippen LogP contribution in [0.2, 0.25) is 0 Å². The van der Waals surface area contributed by atoms with Crippen LogP contribution in [0.3, 0.4) is 0 Å². The molecule has 1 fully saturated rings. The lowest BCUT2D eigenvalue weighted by atomic mass is 10.00. The maximum atomic E-state index is 15.0. The monoisotopic (exact) mass is 506 g/mol. The summed E-state index contributed by atoms with van der Waals surface area (Å²) in [6.07, 6.45) is 6.06. The van der Waals surface area contributed by atoms with E-state index in [0.29, 0.717) is 40.1 Å². The van der Waals surface area contributed by atoms with Crippen molar-refractivity contribution in [2.45, 2.75) is 45.3 Å². The van der Waals surface area contributed by atoms with E-state index in [9.17, 15) is 13.6 Å². The van der Waals surface area contributed by atoms with Crippen LogP contribution in [0.5, 0.6) is 5.75 Å². The molecule has 1 aromatic carbocycles. The number of pyridine rings is 2. The molecule has 0 saturated carbocycles. The predicted molar refractivity (Wildman–Crippen MR) is 136 cm³/mol. The maximum Gasteiger partial charge on any atom is 0.410 e. The third-order valence-electron chi connectivity index (χ3n) is 6.27. The minimum absolute atomic E-state index is 0.0922. The Hall–Kier alpha value is -4.01. The first-order chi connectivity index (χ1) is 17.7. The van der Waals surface area contributed by atoms with E-state index in [0.717, 1.165) is 18.9 Å². The van der Waals surface area contributed by atoms with Gasteiger partial charge in [-0.3, -0.25) is 9.97 Å². The van der Waals surface area contributed by atoms with Gasteiger partial charge in [0.15, 0.2) is 11.6 Å². The van der Waals surface area contributed by atoms with Crippen molar-refractivity contribution in [1.29, 1.82) is 0 Å². The molecule has 1 N–H and O–H groups in total. The van der Waals surface area contributed by atoms with Gasteiger partial charge in [0.2, 0.25) is 0 Å². The van der Waals surface area contributed by atoms with E-state index in [2.05, 4.69) is 15.0 Å². The lowest BCUT2D eigenvalue weighted by Crippen LogP contribution is -2.42. The van der Waals surface area contributed by atoms with Crippen LogP contribution in [0, 0.1) is 11.6 Å². The van der Waals surface area contributed by atoms with E-state index in [1.165, 1.54) is 12.1 Å². The second-order valence-electron chi connectivity index (χ2n) is 10.0. The highest BCUT2D eigenvalue weighted by atomic mass is 19.2. The molecule has 0 aliphatic carbocycles. The highest BCUT2D eigenvalue weighted by Gasteiger charge is 2.33. The minimum Gasteiger partial charge on any atom is -0.489 e. The van der Waals surface area contributed by atoms with E-state index < -0.39 is 17.2 Å². The van der Waals surface area contributed by atoms with Crippen molar-refractivity contribution in [2.24, 2.45) is 0 Å². The number of halogens is 2. The molecule has 1 amide bonds.